The van der Waals surface area contributed by atoms with Gasteiger partial charge in [0.2, 0.25) is 0 Å². The van der Waals surface area contributed by atoms with Crippen molar-refractivity contribution in [3.63, 3.8) is 0 Å². The third kappa shape index (κ3) is 3.85. The number of anilines is 2. The van der Waals surface area contributed by atoms with Crippen molar-refractivity contribution >= 4 is 28.3 Å². The SMILES string of the molecule is Nc1nsc(NCCOC2CCCC2)c1C(=O)NC1CC1. The van der Waals surface area contributed by atoms with Gasteiger partial charge in [0, 0.05) is 12.6 Å². The van der Waals surface area contributed by atoms with E-state index in [1.165, 1.54) is 37.2 Å². The molecule has 6 nitrogen and oxygen atoms in total. The highest BCUT2D eigenvalue weighted by Gasteiger charge is 2.27. The Morgan fingerprint density at radius 3 is 2.81 bits per heavy atom. The van der Waals surface area contributed by atoms with Crippen LogP contribution >= 0.6 is 11.5 Å². The molecular formula is C14H22N4O2S. The van der Waals surface area contributed by atoms with Crippen LogP contribution in [0.15, 0.2) is 0 Å². The van der Waals surface area contributed by atoms with E-state index in [1.807, 2.05) is 0 Å². The van der Waals surface area contributed by atoms with Gasteiger partial charge in [-0.15, -0.1) is 0 Å². The van der Waals surface area contributed by atoms with Gasteiger partial charge in [0.05, 0.1) is 12.7 Å². The van der Waals surface area contributed by atoms with E-state index in [0.29, 0.717) is 36.7 Å². The molecule has 0 unspecified atom stereocenters. The van der Waals surface area contributed by atoms with Gasteiger partial charge in [-0.2, -0.15) is 4.37 Å². The third-order valence-electron chi connectivity index (χ3n) is 3.90. The number of rotatable bonds is 7. The van der Waals surface area contributed by atoms with Gasteiger partial charge >= 0.3 is 0 Å². The van der Waals surface area contributed by atoms with Crippen molar-refractivity contribution in [2.75, 3.05) is 24.2 Å². The van der Waals surface area contributed by atoms with Gasteiger partial charge < -0.3 is 21.1 Å². The van der Waals surface area contributed by atoms with E-state index in [2.05, 4.69) is 15.0 Å². The molecule has 0 radical (unpaired) electrons. The van der Waals surface area contributed by atoms with Gasteiger partial charge in [0.15, 0.2) is 5.82 Å². The van der Waals surface area contributed by atoms with E-state index >= 15 is 0 Å². The first-order chi connectivity index (χ1) is 10.2. The topological polar surface area (TPSA) is 89.3 Å². The molecule has 2 aliphatic rings. The highest BCUT2D eigenvalue weighted by Crippen LogP contribution is 2.28. The monoisotopic (exact) mass is 310 g/mol. The molecule has 0 spiro atoms. The fraction of sp³-hybridized carbons (Fsp3) is 0.714. The maximum atomic E-state index is 12.1. The number of carbonyl (C=O) groups excluding carboxylic acids is 1. The molecule has 7 heteroatoms. The Balaban J connectivity index is 1.48. The lowest BCUT2D eigenvalue weighted by molar-refractivity contribution is 0.0659. The van der Waals surface area contributed by atoms with Crippen LogP contribution in [0.4, 0.5) is 10.8 Å². The quantitative estimate of drug-likeness (QED) is 0.670. The number of hydrogen-bond donors (Lipinski definition) is 3. The van der Waals surface area contributed by atoms with E-state index < -0.39 is 0 Å². The van der Waals surface area contributed by atoms with Crippen molar-refractivity contribution in [3.05, 3.63) is 5.56 Å². The van der Waals surface area contributed by atoms with Crippen LogP contribution in [0.2, 0.25) is 0 Å². The lowest BCUT2D eigenvalue weighted by Crippen LogP contribution is -2.26. The van der Waals surface area contributed by atoms with E-state index in [0.717, 1.165) is 17.8 Å². The van der Waals surface area contributed by atoms with Crippen LogP contribution in [-0.2, 0) is 4.74 Å². The maximum Gasteiger partial charge on any atom is 0.258 e. The second-order valence-electron chi connectivity index (χ2n) is 5.72. The molecule has 1 heterocycles. The molecule has 0 bridgehead atoms. The van der Waals surface area contributed by atoms with Crippen LogP contribution in [0.3, 0.4) is 0 Å². The molecule has 2 saturated carbocycles. The molecule has 4 N–H and O–H groups in total. The van der Waals surface area contributed by atoms with Crippen molar-refractivity contribution < 1.29 is 9.53 Å². The summed E-state index contributed by atoms with van der Waals surface area (Å²) < 4.78 is 9.87. The zero-order chi connectivity index (χ0) is 14.7. The Morgan fingerprint density at radius 1 is 1.33 bits per heavy atom. The Bertz CT molecular complexity index is 495. The molecular weight excluding hydrogens is 288 g/mol. The third-order valence-corrected chi connectivity index (χ3v) is 4.72. The molecule has 21 heavy (non-hydrogen) atoms. The number of nitrogens with two attached hydrogens (primary N) is 1. The van der Waals surface area contributed by atoms with Crippen molar-refractivity contribution in [2.45, 2.75) is 50.7 Å². The van der Waals surface area contributed by atoms with Gasteiger partial charge in [0.1, 0.15) is 10.6 Å². The summed E-state index contributed by atoms with van der Waals surface area (Å²) in [5.74, 6) is 0.181. The van der Waals surface area contributed by atoms with Crippen LogP contribution in [0, 0.1) is 0 Å². The highest BCUT2D eigenvalue weighted by atomic mass is 32.1. The minimum absolute atomic E-state index is 0.122. The summed E-state index contributed by atoms with van der Waals surface area (Å²) in [7, 11) is 0. The van der Waals surface area contributed by atoms with Crippen LogP contribution in [0.25, 0.3) is 0 Å². The fourth-order valence-corrected chi connectivity index (χ4v) is 3.31. The molecule has 0 saturated heterocycles. The van der Waals surface area contributed by atoms with Gasteiger partial charge in [-0.3, -0.25) is 4.79 Å². The van der Waals surface area contributed by atoms with Gasteiger partial charge in [0.25, 0.3) is 5.91 Å². The first kappa shape index (κ1) is 14.6. The lowest BCUT2D eigenvalue weighted by atomic mass is 10.3. The van der Waals surface area contributed by atoms with E-state index in [4.69, 9.17) is 10.5 Å². The minimum atomic E-state index is -0.122. The normalized spacial score (nSPS) is 18.9. The van der Waals surface area contributed by atoms with Crippen molar-refractivity contribution in [3.8, 4) is 0 Å². The minimum Gasteiger partial charge on any atom is -0.382 e. The zero-order valence-electron chi connectivity index (χ0n) is 12.1. The fourth-order valence-electron chi connectivity index (χ4n) is 2.57. The van der Waals surface area contributed by atoms with E-state index in [1.54, 1.807) is 0 Å². The highest BCUT2D eigenvalue weighted by molar-refractivity contribution is 7.11. The number of nitrogens with zero attached hydrogens (tertiary/aromatic N) is 1. The van der Waals surface area contributed by atoms with Gasteiger partial charge in [-0.25, -0.2) is 0 Å². The number of carbonyl (C=O) groups is 1. The average Bonchev–Trinajstić information content (AvgIpc) is 2.99. The van der Waals surface area contributed by atoms with Crippen molar-refractivity contribution in [1.82, 2.24) is 9.69 Å². The predicted octanol–water partition coefficient (Wildman–Crippen LogP) is 1.99. The predicted molar refractivity (Wildman–Crippen MR) is 83.7 cm³/mol. The molecule has 116 valence electrons. The van der Waals surface area contributed by atoms with Gasteiger partial charge in [-0.1, -0.05) is 12.8 Å². The number of aromatic nitrogens is 1. The van der Waals surface area contributed by atoms with Crippen molar-refractivity contribution in [2.24, 2.45) is 0 Å². The first-order valence-electron chi connectivity index (χ1n) is 7.65. The Morgan fingerprint density at radius 2 is 2.10 bits per heavy atom. The lowest BCUT2D eigenvalue weighted by Gasteiger charge is -2.12. The summed E-state index contributed by atoms with van der Waals surface area (Å²) in [6.45, 7) is 1.31. The number of ether oxygens (including phenoxy) is 1. The average molecular weight is 310 g/mol. The van der Waals surface area contributed by atoms with Crippen molar-refractivity contribution in [1.29, 1.82) is 0 Å². The molecule has 0 aliphatic heterocycles. The van der Waals surface area contributed by atoms with Crippen LogP contribution < -0.4 is 16.4 Å². The van der Waals surface area contributed by atoms with E-state index in [9.17, 15) is 4.79 Å². The smallest absolute Gasteiger partial charge is 0.258 e. The summed E-state index contributed by atoms with van der Waals surface area (Å²) in [6, 6.07) is 0.315. The maximum absolute atomic E-state index is 12.1. The molecule has 0 aromatic carbocycles. The summed E-state index contributed by atoms with van der Waals surface area (Å²) >= 11 is 1.23. The zero-order valence-corrected chi connectivity index (χ0v) is 12.9. The number of nitrogen functional groups attached to an aromatic ring is 1. The Hall–Kier alpha value is -1.34. The molecule has 0 atom stereocenters. The Labute approximate surface area is 128 Å². The summed E-state index contributed by atoms with van der Waals surface area (Å²) in [4.78, 5) is 12.1. The van der Waals surface area contributed by atoms with Crippen LogP contribution in [0.1, 0.15) is 48.9 Å². The molecule has 1 aromatic heterocycles. The van der Waals surface area contributed by atoms with Crippen LogP contribution in [-0.4, -0.2) is 35.6 Å². The van der Waals surface area contributed by atoms with Gasteiger partial charge in [-0.05, 0) is 37.2 Å². The summed E-state index contributed by atoms with van der Waals surface area (Å²) in [6.07, 6.45) is 7.41. The Kier molecular flexibility index (Phi) is 4.60. The second kappa shape index (κ2) is 6.62. The summed E-state index contributed by atoms with van der Waals surface area (Å²) in [5.41, 5.74) is 6.29. The largest absolute Gasteiger partial charge is 0.382 e. The van der Waals surface area contributed by atoms with Crippen LogP contribution in [0.5, 0.6) is 0 Å². The molecule has 2 aliphatic carbocycles. The standard InChI is InChI=1S/C14H22N4O2S/c15-12-11(13(19)17-9-5-6-9)14(21-18-12)16-7-8-20-10-3-1-2-4-10/h9-10,16H,1-8H2,(H2,15,18)(H,17,19). The second-order valence-corrected chi connectivity index (χ2v) is 6.50. The molecule has 1 amide bonds. The number of amides is 1. The van der Waals surface area contributed by atoms with E-state index in [-0.39, 0.29) is 5.91 Å². The number of nitrogens with one attached hydrogen (secondary N) is 2. The molecule has 2 fully saturated rings. The molecule has 3 rings (SSSR count). The number of hydrogen-bond acceptors (Lipinski definition) is 6. The molecule has 1 aromatic rings. The first-order valence-corrected chi connectivity index (χ1v) is 8.43. The summed E-state index contributed by atoms with van der Waals surface area (Å²) in [5, 5.41) is 6.91.